The summed E-state index contributed by atoms with van der Waals surface area (Å²) in [7, 11) is 4.39. The SMILES string of the molecule is COc1cc(C(=O)Nc2cc(C(=O)O)ccc2C)cc(OC)c1OC. The fraction of sp³-hybridized carbons (Fsp3) is 0.222. The number of hydrogen-bond acceptors (Lipinski definition) is 5. The summed E-state index contributed by atoms with van der Waals surface area (Å²) in [5.41, 5.74) is 1.53. The van der Waals surface area contributed by atoms with Crippen LogP contribution >= 0.6 is 0 Å². The Balaban J connectivity index is 2.39. The molecule has 0 aliphatic heterocycles. The van der Waals surface area contributed by atoms with Crippen molar-refractivity contribution in [3.8, 4) is 17.2 Å². The van der Waals surface area contributed by atoms with E-state index >= 15 is 0 Å². The number of hydrogen-bond donors (Lipinski definition) is 2. The smallest absolute Gasteiger partial charge is 0.335 e. The third kappa shape index (κ3) is 3.82. The zero-order valence-electron chi connectivity index (χ0n) is 14.4. The number of nitrogens with one attached hydrogen (secondary N) is 1. The minimum Gasteiger partial charge on any atom is -0.493 e. The zero-order chi connectivity index (χ0) is 18.6. The van der Waals surface area contributed by atoms with Gasteiger partial charge in [-0.1, -0.05) is 6.07 Å². The highest BCUT2D eigenvalue weighted by Gasteiger charge is 2.18. The summed E-state index contributed by atoms with van der Waals surface area (Å²) in [5, 5.41) is 11.8. The Bertz CT molecular complexity index is 790. The van der Waals surface area contributed by atoms with Crippen molar-refractivity contribution in [2.75, 3.05) is 26.6 Å². The first-order chi connectivity index (χ1) is 11.9. The second-order valence-electron chi connectivity index (χ2n) is 5.20. The van der Waals surface area contributed by atoms with Crippen molar-refractivity contribution in [2.45, 2.75) is 6.92 Å². The lowest BCUT2D eigenvalue weighted by molar-refractivity contribution is 0.0696. The molecule has 0 radical (unpaired) electrons. The molecule has 2 aromatic rings. The molecule has 0 saturated heterocycles. The van der Waals surface area contributed by atoms with E-state index in [0.29, 0.717) is 22.9 Å². The minimum absolute atomic E-state index is 0.0887. The number of benzene rings is 2. The molecule has 1 amide bonds. The molecule has 25 heavy (non-hydrogen) atoms. The van der Waals surface area contributed by atoms with Crippen molar-refractivity contribution in [3.05, 3.63) is 47.0 Å². The van der Waals surface area contributed by atoms with E-state index in [9.17, 15) is 9.59 Å². The molecule has 0 aliphatic rings. The van der Waals surface area contributed by atoms with Gasteiger partial charge in [-0.15, -0.1) is 0 Å². The van der Waals surface area contributed by atoms with Gasteiger partial charge in [0.1, 0.15) is 0 Å². The number of carboxylic acid groups (broad SMARTS) is 1. The number of carbonyl (C=O) groups excluding carboxylic acids is 1. The average molecular weight is 345 g/mol. The lowest BCUT2D eigenvalue weighted by atomic mass is 10.1. The number of aryl methyl sites for hydroxylation is 1. The fourth-order valence-electron chi connectivity index (χ4n) is 2.30. The number of rotatable bonds is 6. The first-order valence-electron chi connectivity index (χ1n) is 7.36. The number of ether oxygens (including phenoxy) is 3. The van der Waals surface area contributed by atoms with Crippen molar-refractivity contribution >= 4 is 17.6 Å². The Hall–Kier alpha value is -3.22. The quantitative estimate of drug-likeness (QED) is 0.836. The van der Waals surface area contributed by atoms with E-state index in [1.54, 1.807) is 13.0 Å². The molecule has 7 heteroatoms. The number of amides is 1. The summed E-state index contributed by atoms with van der Waals surface area (Å²) < 4.78 is 15.7. The number of aromatic carboxylic acids is 1. The van der Waals surface area contributed by atoms with Crippen molar-refractivity contribution in [1.82, 2.24) is 0 Å². The first kappa shape index (κ1) is 18.1. The third-order valence-corrected chi connectivity index (χ3v) is 3.66. The molecule has 0 aliphatic carbocycles. The number of anilines is 1. The second kappa shape index (κ2) is 7.57. The minimum atomic E-state index is -1.07. The predicted octanol–water partition coefficient (Wildman–Crippen LogP) is 2.97. The molecule has 0 aromatic heterocycles. The summed E-state index contributed by atoms with van der Waals surface area (Å²) in [4.78, 5) is 23.7. The van der Waals surface area contributed by atoms with Crippen molar-refractivity contribution < 1.29 is 28.9 Å². The summed E-state index contributed by atoms with van der Waals surface area (Å²) >= 11 is 0. The molecule has 0 saturated carbocycles. The highest BCUT2D eigenvalue weighted by molar-refractivity contribution is 6.06. The van der Waals surface area contributed by atoms with Gasteiger partial charge in [0.25, 0.3) is 5.91 Å². The Morgan fingerprint density at radius 2 is 1.52 bits per heavy atom. The van der Waals surface area contributed by atoms with Crippen molar-refractivity contribution in [3.63, 3.8) is 0 Å². The zero-order valence-corrected chi connectivity index (χ0v) is 14.4. The van der Waals surface area contributed by atoms with Crippen LogP contribution in [0.2, 0.25) is 0 Å². The molecule has 7 nitrogen and oxygen atoms in total. The molecule has 0 fully saturated rings. The normalized spacial score (nSPS) is 10.1. The molecular weight excluding hydrogens is 326 g/mol. The van der Waals surface area contributed by atoms with Gasteiger partial charge in [0.2, 0.25) is 5.75 Å². The molecule has 0 atom stereocenters. The Morgan fingerprint density at radius 3 is 2.00 bits per heavy atom. The van der Waals surface area contributed by atoms with Gasteiger partial charge in [-0.2, -0.15) is 0 Å². The van der Waals surface area contributed by atoms with Crippen LogP contribution in [0.25, 0.3) is 0 Å². The summed E-state index contributed by atoms with van der Waals surface area (Å²) in [6.45, 7) is 1.77. The van der Waals surface area contributed by atoms with Gasteiger partial charge in [0, 0.05) is 11.3 Å². The maximum Gasteiger partial charge on any atom is 0.335 e. The van der Waals surface area contributed by atoms with Crippen molar-refractivity contribution in [1.29, 1.82) is 0 Å². The second-order valence-corrected chi connectivity index (χ2v) is 5.20. The highest BCUT2D eigenvalue weighted by Crippen LogP contribution is 2.38. The van der Waals surface area contributed by atoms with E-state index in [2.05, 4.69) is 5.32 Å². The molecule has 2 N–H and O–H groups in total. The van der Waals surface area contributed by atoms with Gasteiger partial charge in [0.05, 0.1) is 26.9 Å². The molecule has 0 heterocycles. The molecule has 0 unspecified atom stereocenters. The van der Waals surface area contributed by atoms with Crippen LogP contribution in [0, 0.1) is 6.92 Å². The van der Waals surface area contributed by atoms with Crippen LogP contribution in [-0.2, 0) is 0 Å². The van der Waals surface area contributed by atoms with E-state index in [-0.39, 0.29) is 11.1 Å². The summed E-state index contributed by atoms with van der Waals surface area (Å²) in [5.74, 6) is -0.412. The predicted molar refractivity (Wildman–Crippen MR) is 92.2 cm³/mol. The number of carbonyl (C=O) groups is 2. The Labute approximate surface area is 145 Å². The number of methoxy groups -OCH3 is 3. The number of carboxylic acids is 1. The van der Waals surface area contributed by atoms with E-state index in [1.165, 1.54) is 45.6 Å². The van der Waals surface area contributed by atoms with E-state index in [0.717, 1.165) is 5.56 Å². The van der Waals surface area contributed by atoms with Crippen molar-refractivity contribution in [2.24, 2.45) is 0 Å². The molecular formula is C18H19NO6. The maximum absolute atomic E-state index is 12.6. The maximum atomic E-state index is 12.6. The van der Waals surface area contributed by atoms with E-state index in [4.69, 9.17) is 19.3 Å². The largest absolute Gasteiger partial charge is 0.493 e. The van der Waals surface area contributed by atoms with Gasteiger partial charge in [-0.05, 0) is 36.8 Å². The highest BCUT2D eigenvalue weighted by atomic mass is 16.5. The van der Waals surface area contributed by atoms with Crippen LogP contribution in [0.3, 0.4) is 0 Å². The van der Waals surface area contributed by atoms with E-state index in [1.807, 2.05) is 0 Å². The summed E-state index contributed by atoms with van der Waals surface area (Å²) in [6.07, 6.45) is 0. The van der Waals surface area contributed by atoms with Gasteiger partial charge in [-0.3, -0.25) is 4.79 Å². The van der Waals surface area contributed by atoms with Crippen LogP contribution in [0.5, 0.6) is 17.2 Å². The van der Waals surface area contributed by atoms with Crippen LogP contribution in [-0.4, -0.2) is 38.3 Å². The molecule has 132 valence electrons. The van der Waals surface area contributed by atoms with Crippen LogP contribution in [0.15, 0.2) is 30.3 Å². The van der Waals surface area contributed by atoms with E-state index < -0.39 is 11.9 Å². The Kier molecular flexibility index (Phi) is 5.49. The lowest BCUT2D eigenvalue weighted by Crippen LogP contribution is -2.14. The summed E-state index contributed by atoms with van der Waals surface area (Å²) in [6, 6.07) is 7.56. The first-order valence-corrected chi connectivity index (χ1v) is 7.36. The van der Waals surface area contributed by atoms with Gasteiger partial charge in [0.15, 0.2) is 11.5 Å². The molecule has 2 aromatic carbocycles. The average Bonchev–Trinajstić information content (AvgIpc) is 2.61. The standard InChI is InChI=1S/C18H19NO6/c1-10-5-6-11(18(21)22)7-13(10)19-17(20)12-8-14(23-2)16(25-4)15(9-12)24-3/h5-9H,1-4H3,(H,19,20)(H,21,22). The topological polar surface area (TPSA) is 94.1 Å². The molecule has 2 rings (SSSR count). The van der Waals surface area contributed by atoms with Crippen LogP contribution in [0.4, 0.5) is 5.69 Å². The van der Waals surface area contributed by atoms with Crippen LogP contribution < -0.4 is 19.5 Å². The van der Waals surface area contributed by atoms with Gasteiger partial charge in [-0.25, -0.2) is 4.79 Å². The molecule has 0 spiro atoms. The van der Waals surface area contributed by atoms with Gasteiger partial charge < -0.3 is 24.6 Å². The van der Waals surface area contributed by atoms with Crippen LogP contribution in [0.1, 0.15) is 26.3 Å². The fourth-order valence-corrected chi connectivity index (χ4v) is 2.30. The Morgan fingerprint density at radius 1 is 0.920 bits per heavy atom. The lowest BCUT2D eigenvalue weighted by Gasteiger charge is -2.14. The molecule has 0 bridgehead atoms. The van der Waals surface area contributed by atoms with Gasteiger partial charge >= 0.3 is 5.97 Å². The monoisotopic (exact) mass is 345 g/mol. The third-order valence-electron chi connectivity index (χ3n) is 3.66.